The van der Waals surface area contributed by atoms with Crippen LogP contribution in [0, 0.1) is 0 Å². The Morgan fingerprint density at radius 2 is 2.05 bits per heavy atom. The van der Waals surface area contributed by atoms with Gasteiger partial charge in [0.1, 0.15) is 0 Å². The van der Waals surface area contributed by atoms with Crippen molar-refractivity contribution in [2.75, 3.05) is 0 Å². The molecule has 1 aromatic rings. The lowest BCUT2D eigenvalue weighted by atomic mass is 9.82. The summed E-state index contributed by atoms with van der Waals surface area (Å²) < 4.78 is 0. The topological polar surface area (TPSA) is 66.4 Å². The summed E-state index contributed by atoms with van der Waals surface area (Å²) in [4.78, 5) is 23.2. The minimum atomic E-state index is -0.833. The first-order chi connectivity index (χ1) is 9.89. The first-order valence-electron chi connectivity index (χ1n) is 7.51. The molecular formula is C17H23NO3. The van der Waals surface area contributed by atoms with Crippen molar-refractivity contribution in [2.24, 2.45) is 0 Å². The molecule has 2 N–H and O–H groups in total. The van der Waals surface area contributed by atoms with Crippen molar-refractivity contribution >= 4 is 11.9 Å². The van der Waals surface area contributed by atoms with E-state index in [1.165, 1.54) is 5.56 Å². The molecule has 0 heterocycles. The third-order valence-corrected chi connectivity index (χ3v) is 4.11. The number of benzene rings is 1. The molecule has 0 spiro atoms. The van der Waals surface area contributed by atoms with Crippen molar-refractivity contribution in [3.63, 3.8) is 0 Å². The standard InChI is InChI=1S/C17H23NO3/c1-17(2,11-10-15(19)20)18-16(21)14-9-5-7-12-6-3-4-8-13(12)14/h3-4,6,8,14H,5,7,9-11H2,1-2H3,(H,18,21)(H,19,20). The monoisotopic (exact) mass is 289 g/mol. The maximum atomic E-state index is 12.6. The molecule has 0 aromatic heterocycles. The van der Waals surface area contributed by atoms with Crippen LogP contribution in [0.5, 0.6) is 0 Å². The van der Waals surface area contributed by atoms with E-state index in [-0.39, 0.29) is 18.2 Å². The lowest BCUT2D eigenvalue weighted by Gasteiger charge is -2.31. The van der Waals surface area contributed by atoms with Crippen molar-refractivity contribution in [3.8, 4) is 0 Å². The summed E-state index contributed by atoms with van der Waals surface area (Å²) in [5, 5.41) is 11.8. The molecule has 1 amide bonds. The molecule has 1 aromatic carbocycles. The average Bonchev–Trinajstić information content (AvgIpc) is 2.44. The van der Waals surface area contributed by atoms with Crippen LogP contribution in [0.3, 0.4) is 0 Å². The van der Waals surface area contributed by atoms with E-state index in [9.17, 15) is 9.59 Å². The van der Waals surface area contributed by atoms with Gasteiger partial charge < -0.3 is 10.4 Å². The number of carbonyl (C=O) groups excluding carboxylic acids is 1. The molecule has 0 aliphatic heterocycles. The fourth-order valence-electron chi connectivity index (χ4n) is 2.93. The van der Waals surface area contributed by atoms with Crippen LogP contribution in [0.25, 0.3) is 0 Å². The zero-order valence-electron chi connectivity index (χ0n) is 12.7. The number of amides is 1. The molecule has 2 rings (SSSR count). The van der Waals surface area contributed by atoms with E-state index >= 15 is 0 Å². The number of nitrogens with one attached hydrogen (secondary N) is 1. The van der Waals surface area contributed by atoms with Gasteiger partial charge in [0.05, 0.1) is 5.92 Å². The number of fused-ring (bicyclic) bond motifs is 1. The van der Waals surface area contributed by atoms with Crippen LogP contribution in [0.4, 0.5) is 0 Å². The number of carboxylic acids is 1. The quantitative estimate of drug-likeness (QED) is 0.876. The fourth-order valence-corrected chi connectivity index (χ4v) is 2.93. The Morgan fingerprint density at radius 3 is 2.76 bits per heavy atom. The van der Waals surface area contributed by atoms with Crippen molar-refractivity contribution in [3.05, 3.63) is 35.4 Å². The van der Waals surface area contributed by atoms with E-state index < -0.39 is 11.5 Å². The minimum absolute atomic E-state index is 0.0116. The number of aryl methyl sites for hydroxylation is 1. The van der Waals surface area contributed by atoms with Crippen molar-refractivity contribution < 1.29 is 14.7 Å². The summed E-state index contributed by atoms with van der Waals surface area (Å²) >= 11 is 0. The van der Waals surface area contributed by atoms with Crippen LogP contribution >= 0.6 is 0 Å². The first kappa shape index (κ1) is 15.5. The second-order valence-electron chi connectivity index (χ2n) is 6.41. The molecular weight excluding hydrogens is 266 g/mol. The molecule has 114 valence electrons. The highest BCUT2D eigenvalue weighted by Gasteiger charge is 2.30. The zero-order valence-corrected chi connectivity index (χ0v) is 12.7. The number of carboxylic acid groups (broad SMARTS) is 1. The molecule has 0 bridgehead atoms. The molecule has 4 nitrogen and oxygen atoms in total. The Balaban J connectivity index is 2.06. The Kier molecular flexibility index (Phi) is 4.66. The normalized spacial score (nSPS) is 17.9. The molecule has 1 unspecified atom stereocenters. The highest BCUT2D eigenvalue weighted by Crippen LogP contribution is 2.32. The van der Waals surface area contributed by atoms with Gasteiger partial charge in [0.15, 0.2) is 0 Å². The van der Waals surface area contributed by atoms with Gasteiger partial charge in [0, 0.05) is 12.0 Å². The molecule has 0 saturated carbocycles. The van der Waals surface area contributed by atoms with E-state index in [0.29, 0.717) is 6.42 Å². The molecule has 1 atom stereocenters. The van der Waals surface area contributed by atoms with Gasteiger partial charge in [-0.25, -0.2) is 0 Å². The van der Waals surface area contributed by atoms with E-state index in [2.05, 4.69) is 11.4 Å². The van der Waals surface area contributed by atoms with Gasteiger partial charge in [0.25, 0.3) is 0 Å². The van der Waals surface area contributed by atoms with E-state index in [1.807, 2.05) is 32.0 Å². The van der Waals surface area contributed by atoms with Crippen LogP contribution in [-0.4, -0.2) is 22.5 Å². The second kappa shape index (κ2) is 6.29. The van der Waals surface area contributed by atoms with Gasteiger partial charge >= 0.3 is 5.97 Å². The SMILES string of the molecule is CC(C)(CCC(=O)O)NC(=O)C1CCCc2ccccc21. The summed E-state index contributed by atoms with van der Waals surface area (Å²) in [6.07, 6.45) is 3.40. The van der Waals surface area contributed by atoms with Gasteiger partial charge in [-0.05, 0) is 50.7 Å². The lowest BCUT2D eigenvalue weighted by molar-refractivity contribution is -0.138. The van der Waals surface area contributed by atoms with Crippen LogP contribution in [0.2, 0.25) is 0 Å². The Hall–Kier alpha value is -1.84. The largest absolute Gasteiger partial charge is 0.481 e. The summed E-state index contributed by atoms with van der Waals surface area (Å²) in [6.45, 7) is 3.76. The van der Waals surface area contributed by atoms with E-state index in [4.69, 9.17) is 5.11 Å². The number of carbonyl (C=O) groups is 2. The third kappa shape index (κ3) is 4.06. The van der Waals surface area contributed by atoms with E-state index in [0.717, 1.165) is 24.8 Å². The maximum absolute atomic E-state index is 12.6. The summed E-state index contributed by atoms with van der Waals surface area (Å²) in [5.74, 6) is -0.933. The van der Waals surface area contributed by atoms with Gasteiger partial charge in [-0.3, -0.25) is 9.59 Å². The maximum Gasteiger partial charge on any atom is 0.303 e. The summed E-state index contributed by atoms with van der Waals surface area (Å²) in [7, 11) is 0. The summed E-state index contributed by atoms with van der Waals surface area (Å²) in [5.41, 5.74) is 1.88. The molecule has 0 fully saturated rings. The Morgan fingerprint density at radius 1 is 1.33 bits per heavy atom. The smallest absolute Gasteiger partial charge is 0.303 e. The van der Waals surface area contributed by atoms with Crippen LogP contribution in [0.15, 0.2) is 24.3 Å². The molecule has 1 aliphatic carbocycles. The van der Waals surface area contributed by atoms with Crippen molar-refractivity contribution in [2.45, 2.75) is 57.4 Å². The van der Waals surface area contributed by atoms with Gasteiger partial charge in [-0.1, -0.05) is 24.3 Å². The lowest BCUT2D eigenvalue weighted by Crippen LogP contribution is -2.46. The highest BCUT2D eigenvalue weighted by atomic mass is 16.4. The molecule has 4 heteroatoms. The number of aliphatic carboxylic acids is 1. The van der Waals surface area contributed by atoms with Gasteiger partial charge in [0.2, 0.25) is 5.91 Å². The number of rotatable bonds is 5. The average molecular weight is 289 g/mol. The molecule has 0 radical (unpaired) electrons. The van der Waals surface area contributed by atoms with E-state index in [1.54, 1.807) is 0 Å². The zero-order chi connectivity index (χ0) is 15.5. The van der Waals surface area contributed by atoms with Gasteiger partial charge in [-0.15, -0.1) is 0 Å². The van der Waals surface area contributed by atoms with Crippen LogP contribution < -0.4 is 5.32 Å². The second-order valence-corrected chi connectivity index (χ2v) is 6.41. The molecule has 0 saturated heterocycles. The number of hydrogen-bond donors (Lipinski definition) is 2. The molecule has 21 heavy (non-hydrogen) atoms. The third-order valence-electron chi connectivity index (χ3n) is 4.11. The minimum Gasteiger partial charge on any atom is -0.481 e. The van der Waals surface area contributed by atoms with Crippen LogP contribution in [-0.2, 0) is 16.0 Å². The Bertz CT molecular complexity index is 537. The van der Waals surface area contributed by atoms with Crippen molar-refractivity contribution in [1.29, 1.82) is 0 Å². The predicted octanol–water partition coefficient (Wildman–Crippen LogP) is 2.87. The highest BCUT2D eigenvalue weighted by molar-refractivity contribution is 5.85. The molecule has 1 aliphatic rings. The van der Waals surface area contributed by atoms with Crippen LogP contribution in [0.1, 0.15) is 56.6 Å². The van der Waals surface area contributed by atoms with Gasteiger partial charge in [-0.2, -0.15) is 0 Å². The first-order valence-corrected chi connectivity index (χ1v) is 7.51. The summed E-state index contributed by atoms with van der Waals surface area (Å²) in [6, 6.07) is 8.10. The predicted molar refractivity (Wildman–Crippen MR) is 81.2 cm³/mol. The Labute approximate surface area is 125 Å². The fraction of sp³-hybridized carbons (Fsp3) is 0.529. The number of hydrogen-bond acceptors (Lipinski definition) is 2. The van der Waals surface area contributed by atoms with Crippen molar-refractivity contribution in [1.82, 2.24) is 5.32 Å².